The van der Waals surface area contributed by atoms with Crippen LogP contribution in [0.25, 0.3) is 0 Å². The van der Waals surface area contributed by atoms with Crippen molar-refractivity contribution >= 4 is 11.6 Å². The van der Waals surface area contributed by atoms with E-state index in [9.17, 15) is 9.90 Å². The van der Waals surface area contributed by atoms with Crippen LogP contribution >= 0.6 is 0 Å². The summed E-state index contributed by atoms with van der Waals surface area (Å²) in [7, 11) is 0. The maximum atomic E-state index is 12.2. The lowest BCUT2D eigenvalue weighted by Gasteiger charge is -2.10. The Kier molecular flexibility index (Phi) is 4.42. The third-order valence-corrected chi connectivity index (χ3v) is 2.95. The van der Waals surface area contributed by atoms with Crippen LogP contribution < -0.4 is 10.1 Å². The highest BCUT2D eigenvalue weighted by atomic mass is 16.5. The number of hydrogen-bond acceptors (Lipinski definition) is 4. The molecule has 2 N–H and O–H groups in total. The molecular weight excluding hydrogens is 268 g/mol. The van der Waals surface area contributed by atoms with Crippen molar-refractivity contribution in [3.63, 3.8) is 0 Å². The van der Waals surface area contributed by atoms with Gasteiger partial charge in [0.15, 0.2) is 6.61 Å². The summed E-state index contributed by atoms with van der Waals surface area (Å²) < 4.78 is 5.17. The van der Waals surface area contributed by atoms with Crippen LogP contribution in [0.1, 0.15) is 15.9 Å². The summed E-state index contributed by atoms with van der Waals surface area (Å²) in [6.07, 6.45) is 0. The number of anilines is 1. The van der Waals surface area contributed by atoms with E-state index in [2.05, 4.69) is 5.32 Å². The molecule has 0 saturated heterocycles. The van der Waals surface area contributed by atoms with Crippen molar-refractivity contribution in [2.75, 3.05) is 11.9 Å². The average molecular weight is 282 g/mol. The minimum absolute atomic E-state index is 0.0525. The molecule has 0 saturated carbocycles. The SMILES string of the molecule is Cc1c(O)cccc1C(=O)Nc1cccc(OCC#N)c1. The number of phenols is 1. The van der Waals surface area contributed by atoms with Crippen molar-refractivity contribution in [2.24, 2.45) is 0 Å². The second kappa shape index (κ2) is 6.44. The van der Waals surface area contributed by atoms with Crippen LogP contribution in [0.5, 0.6) is 11.5 Å². The van der Waals surface area contributed by atoms with Gasteiger partial charge in [-0.1, -0.05) is 12.1 Å². The number of carbonyl (C=O) groups excluding carboxylic acids is 1. The molecule has 5 nitrogen and oxygen atoms in total. The van der Waals surface area contributed by atoms with Gasteiger partial charge in [-0.05, 0) is 31.2 Å². The Morgan fingerprint density at radius 2 is 2.10 bits per heavy atom. The average Bonchev–Trinajstić information content (AvgIpc) is 2.48. The van der Waals surface area contributed by atoms with Gasteiger partial charge in [-0.2, -0.15) is 5.26 Å². The van der Waals surface area contributed by atoms with E-state index < -0.39 is 0 Å². The number of amides is 1. The Balaban J connectivity index is 2.16. The molecular formula is C16H14N2O3. The molecule has 0 heterocycles. The third kappa shape index (κ3) is 3.51. The predicted molar refractivity (Wildman–Crippen MR) is 78.3 cm³/mol. The third-order valence-electron chi connectivity index (χ3n) is 2.95. The van der Waals surface area contributed by atoms with Gasteiger partial charge in [0.2, 0.25) is 0 Å². The molecule has 0 fully saturated rings. The fraction of sp³-hybridized carbons (Fsp3) is 0.125. The largest absolute Gasteiger partial charge is 0.508 e. The molecule has 0 spiro atoms. The molecule has 2 aromatic rings. The molecule has 2 aromatic carbocycles. The van der Waals surface area contributed by atoms with Crippen molar-refractivity contribution in [3.8, 4) is 17.6 Å². The molecule has 106 valence electrons. The number of nitrogens with one attached hydrogen (secondary N) is 1. The lowest BCUT2D eigenvalue weighted by atomic mass is 10.1. The molecule has 1 amide bonds. The highest BCUT2D eigenvalue weighted by Crippen LogP contribution is 2.22. The van der Waals surface area contributed by atoms with Gasteiger partial charge >= 0.3 is 0 Å². The Hall–Kier alpha value is -3.00. The number of ether oxygens (including phenoxy) is 1. The van der Waals surface area contributed by atoms with E-state index >= 15 is 0 Å². The van der Waals surface area contributed by atoms with Crippen LogP contribution in [-0.2, 0) is 0 Å². The molecule has 0 unspecified atom stereocenters. The molecule has 0 aliphatic heterocycles. The number of rotatable bonds is 4. The van der Waals surface area contributed by atoms with E-state index in [1.807, 2.05) is 6.07 Å². The van der Waals surface area contributed by atoms with Crippen LogP contribution in [0.3, 0.4) is 0 Å². The van der Waals surface area contributed by atoms with Crippen LogP contribution in [0.2, 0.25) is 0 Å². The first-order valence-electron chi connectivity index (χ1n) is 6.31. The molecule has 0 aliphatic carbocycles. The molecule has 0 atom stereocenters. The predicted octanol–water partition coefficient (Wildman–Crippen LogP) is 2.86. The summed E-state index contributed by atoms with van der Waals surface area (Å²) in [5, 5.41) is 20.8. The molecule has 0 aliphatic rings. The fourth-order valence-electron chi connectivity index (χ4n) is 1.85. The Labute approximate surface area is 122 Å². The number of aromatic hydroxyl groups is 1. The number of phenolic OH excluding ortho intramolecular Hbond substituents is 1. The van der Waals surface area contributed by atoms with Crippen LogP contribution in [-0.4, -0.2) is 17.6 Å². The lowest BCUT2D eigenvalue weighted by molar-refractivity contribution is 0.102. The van der Waals surface area contributed by atoms with Crippen molar-refractivity contribution in [2.45, 2.75) is 6.92 Å². The zero-order valence-corrected chi connectivity index (χ0v) is 11.5. The molecule has 21 heavy (non-hydrogen) atoms. The molecule has 5 heteroatoms. The van der Waals surface area contributed by atoms with E-state index in [0.717, 1.165) is 0 Å². The van der Waals surface area contributed by atoms with E-state index in [4.69, 9.17) is 10.00 Å². The minimum Gasteiger partial charge on any atom is -0.508 e. The van der Waals surface area contributed by atoms with Gasteiger partial charge in [0, 0.05) is 22.9 Å². The van der Waals surface area contributed by atoms with Gasteiger partial charge in [-0.3, -0.25) is 4.79 Å². The Bertz CT molecular complexity index is 705. The maximum absolute atomic E-state index is 12.2. The van der Waals surface area contributed by atoms with Gasteiger partial charge in [0.25, 0.3) is 5.91 Å². The first kappa shape index (κ1) is 14.4. The maximum Gasteiger partial charge on any atom is 0.256 e. The van der Waals surface area contributed by atoms with E-state index in [1.54, 1.807) is 43.3 Å². The zero-order valence-electron chi connectivity index (χ0n) is 11.5. The lowest BCUT2D eigenvalue weighted by Crippen LogP contribution is -2.13. The number of benzene rings is 2. The Morgan fingerprint density at radius 1 is 1.33 bits per heavy atom. The first-order valence-corrected chi connectivity index (χ1v) is 6.31. The van der Waals surface area contributed by atoms with Gasteiger partial charge in [-0.15, -0.1) is 0 Å². The van der Waals surface area contributed by atoms with Crippen LogP contribution in [0.15, 0.2) is 42.5 Å². The summed E-state index contributed by atoms with van der Waals surface area (Å²) in [5.41, 5.74) is 1.48. The summed E-state index contributed by atoms with van der Waals surface area (Å²) in [6.45, 7) is 1.62. The number of carbonyl (C=O) groups is 1. The number of nitriles is 1. The van der Waals surface area contributed by atoms with Gasteiger partial charge < -0.3 is 15.2 Å². The van der Waals surface area contributed by atoms with Gasteiger partial charge in [0.1, 0.15) is 17.6 Å². The molecule has 0 aromatic heterocycles. The molecule has 0 bridgehead atoms. The van der Waals surface area contributed by atoms with Crippen molar-refractivity contribution < 1.29 is 14.6 Å². The first-order chi connectivity index (χ1) is 10.1. The second-order valence-corrected chi connectivity index (χ2v) is 4.38. The van der Waals surface area contributed by atoms with Gasteiger partial charge in [0.05, 0.1) is 0 Å². The summed E-state index contributed by atoms with van der Waals surface area (Å²) in [5.74, 6) is 0.261. The quantitative estimate of drug-likeness (QED) is 0.903. The fourth-order valence-corrected chi connectivity index (χ4v) is 1.85. The van der Waals surface area contributed by atoms with Crippen molar-refractivity contribution in [1.82, 2.24) is 0 Å². The molecule has 2 rings (SSSR count). The van der Waals surface area contributed by atoms with Crippen LogP contribution in [0, 0.1) is 18.3 Å². The highest BCUT2D eigenvalue weighted by Gasteiger charge is 2.11. The summed E-state index contributed by atoms with van der Waals surface area (Å²) >= 11 is 0. The smallest absolute Gasteiger partial charge is 0.256 e. The van der Waals surface area contributed by atoms with Gasteiger partial charge in [-0.25, -0.2) is 0 Å². The Morgan fingerprint density at radius 3 is 2.86 bits per heavy atom. The van der Waals surface area contributed by atoms with E-state index in [-0.39, 0.29) is 18.3 Å². The second-order valence-electron chi connectivity index (χ2n) is 4.38. The summed E-state index contributed by atoms with van der Waals surface area (Å²) in [6, 6.07) is 13.4. The standard InChI is InChI=1S/C16H14N2O3/c1-11-14(6-3-7-15(11)19)16(20)18-12-4-2-5-13(10-12)21-9-8-17/h2-7,10,19H,9H2,1H3,(H,18,20). The van der Waals surface area contributed by atoms with E-state index in [1.165, 1.54) is 6.07 Å². The molecule has 0 radical (unpaired) electrons. The van der Waals surface area contributed by atoms with Crippen molar-refractivity contribution in [3.05, 3.63) is 53.6 Å². The highest BCUT2D eigenvalue weighted by molar-refractivity contribution is 6.05. The zero-order chi connectivity index (χ0) is 15.2. The van der Waals surface area contributed by atoms with Crippen LogP contribution in [0.4, 0.5) is 5.69 Å². The summed E-state index contributed by atoms with van der Waals surface area (Å²) in [4.78, 5) is 12.2. The monoisotopic (exact) mass is 282 g/mol. The topological polar surface area (TPSA) is 82.3 Å². The number of hydrogen-bond donors (Lipinski definition) is 2. The van der Waals surface area contributed by atoms with E-state index in [0.29, 0.717) is 22.6 Å². The van der Waals surface area contributed by atoms with Crippen molar-refractivity contribution in [1.29, 1.82) is 5.26 Å². The normalized spacial score (nSPS) is 9.71. The number of nitrogens with zero attached hydrogens (tertiary/aromatic N) is 1. The minimum atomic E-state index is -0.319.